The summed E-state index contributed by atoms with van der Waals surface area (Å²) in [6, 6.07) is 14.3. The Labute approximate surface area is 157 Å². The van der Waals surface area contributed by atoms with Gasteiger partial charge in [0.1, 0.15) is 10.0 Å². The van der Waals surface area contributed by atoms with Gasteiger partial charge in [0.2, 0.25) is 0 Å². The summed E-state index contributed by atoms with van der Waals surface area (Å²) in [6.45, 7) is 0. The zero-order valence-electron chi connectivity index (χ0n) is 14.8. The predicted octanol–water partition coefficient (Wildman–Crippen LogP) is 5.17. The molecule has 0 saturated carbocycles. The zero-order valence-corrected chi connectivity index (χ0v) is 15.6. The third-order valence-electron chi connectivity index (χ3n) is 4.45. The summed E-state index contributed by atoms with van der Waals surface area (Å²) < 4.78 is 10.8. The highest BCUT2D eigenvalue weighted by atomic mass is 32.1. The molecule has 1 aromatic heterocycles. The summed E-state index contributed by atoms with van der Waals surface area (Å²) in [5.41, 5.74) is 4.62. The lowest BCUT2D eigenvalue weighted by molar-refractivity contribution is 0.354. The van der Waals surface area contributed by atoms with Gasteiger partial charge in [-0.1, -0.05) is 41.7 Å². The molecule has 5 heteroatoms. The second-order valence-electron chi connectivity index (χ2n) is 6.03. The molecule has 1 N–H and O–H groups in total. The van der Waals surface area contributed by atoms with Crippen LogP contribution in [0.2, 0.25) is 0 Å². The van der Waals surface area contributed by atoms with E-state index in [0.29, 0.717) is 0 Å². The van der Waals surface area contributed by atoms with E-state index in [0.717, 1.165) is 45.6 Å². The van der Waals surface area contributed by atoms with Crippen LogP contribution < -0.4 is 14.8 Å². The smallest absolute Gasteiger partial charge is 0.167 e. The van der Waals surface area contributed by atoms with Gasteiger partial charge in [0, 0.05) is 11.3 Å². The minimum absolute atomic E-state index is 0.725. The summed E-state index contributed by atoms with van der Waals surface area (Å²) >= 11 is 1.67. The highest BCUT2D eigenvalue weighted by molar-refractivity contribution is 7.16. The van der Waals surface area contributed by atoms with E-state index in [1.54, 1.807) is 25.6 Å². The molecule has 3 aromatic rings. The van der Waals surface area contributed by atoms with Crippen molar-refractivity contribution in [1.29, 1.82) is 0 Å². The van der Waals surface area contributed by atoms with Crippen molar-refractivity contribution in [2.45, 2.75) is 12.8 Å². The van der Waals surface area contributed by atoms with Gasteiger partial charge in [0.05, 0.1) is 19.9 Å². The molecule has 0 aliphatic carbocycles. The predicted molar refractivity (Wildman–Crippen MR) is 108 cm³/mol. The van der Waals surface area contributed by atoms with E-state index >= 15 is 0 Å². The Bertz CT molecular complexity index is 962. The van der Waals surface area contributed by atoms with E-state index in [9.17, 15) is 0 Å². The quantitative estimate of drug-likeness (QED) is 0.693. The first-order chi connectivity index (χ1) is 12.8. The molecule has 4 nitrogen and oxygen atoms in total. The maximum atomic E-state index is 5.49. The van der Waals surface area contributed by atoms with Gasteiger partial charge in [-0.3, -0.25) is 0 Å². The van der Waals surface area contributed by atoms with E-state index in [1.807, 2.05) is 30.4 Å². The molecule has 0 unspecified atom stereocenters. The standard InChI is InChI=1S/C21H20N2O2S/c1-24-18-9-5-7-15(20(18)25-2)11-13-19-22-17-12-10-14-6-3-4-8-16(14)23-21(17)26-19/h3-9,11,13,23H,10,12H2,1-2H3. The number of nitrogens with zero attached hydrogens (tertiary/aromatic N) is 1. The van der Waals surface area contributed by atoms with Crippen LogP contribution in [0.3, 0.4) is 0 Å². The second-order valence-corrected chi connectivity index (χ2v) is 7.06. The van der Waals surface area contributed by atoms with E-state index in [4.69, 9.17) is 14.5 Å². The van der Waals surface area contributed by atoms with Gasteiger partial charge in [0.25, 0.3) is 0 Å². The van der Waals surface area contributed by atoms with Crippen LogP contribution in [0, 0.1) is 0 Å². The number of anilines is 2. The summed E-state index contributed by atoms with van der Waals surface area (Å²) in [7, 11) is 3.30. The number of fused-ring (bicyclic) bond motifs is 2. The lowest BCUT2D eigenvalue weighted by atomic mass is 10.1. The molecule has 26 heavy (non-hydrogen) atoms. The number of aromatic nitrogens is 1. The average Bonchev–Trinajstić information content (AvgIpc) is 2.98. The fraction of sp³-hybridized carbons (Fsp3) is 0.190. The van der Waals surface area contributed by atoms with Crippen molar-refractivity contribution in [3.05, 3.63) is 64.3 Å². The molecule has 0 saturated heterocycles. The van der Waals surface area contributed by atoms with Gasteiger partial charge >= 0.3 is 0 Å². The molecule has 0 bridgehead atoms. The van der Waals surface area contributed by atoms with Crippen molar-refractivity contribution in [1.82, 2.24) is 4.98 Å². The molecule has 0 spiro atoms. The maximum absolute atomic E-state index is 5.49. The minimum atomic E-state index is 0.725. The fourth-order valence-corrected chi connectivity index (χ4v) is 4.08. The molecule has 132 valence electrons. The van der Waals surface area contributed by atoms with Gasteiger partial charge in [-0.25, -0.2) is 4.98 Å². The third-order valence-corrected chi connectivity index (χ3v) is 5.43. The van der Waals surface area contributed by atoms with Crippen LogP contribution in [-0.2, 0) is 12.8 Å². The number of methoxy groups -OCH3 is 2. The van der Waals surface area contributed by atoms with Crippen molar-refractivity contribution in [2.75, 3.05) is 19.5 Å². The number of thiazole rings is 1. The molecule has 4 rings (SSSR count). The first-order valence-corrected chi connectivity index (χ1v) is 9.34. The van der Waals surface area contributed by atoms with E-state index in [2.05, 4.69) is 29.6 Å². The largest absolute Gasteiger partial charge is 0.493 e. The van der Waals surface area contributed by atoms with Gasteiger partial charge in [0.15, 0.2) is 11.5 Å². The second kappa shape index (κ2) is 7.22. The SMILES string of the molecule is COc1cccc(C=Cc2nc3c(s2)Nc2ccccc2CC3)c1OC. The molecule has 2 heterocycles. The zero-order chi connectivity index (χ0) is 17.9. The van der Waals surface area contributed by atoms with Crippen LogP contribution in [0.5, 0.6) is 11.5 Å². The topological polar surface area (TPSA) is 43.4 Å². The molecule has 2 aromatic carbocycles. The van der Waals surface area contributed by atoms with Crippen molar-refractivity contribution < 1.29 is 9.47 Å². The Morgan fingerprint density at radius 3 is 2.73 bits per heavy atom. The molecule has 1 aliphatic heterocycles. The van der Waals surface area contributed by atoms with Crippen molar-refractivity contribution >= 4 is 34.2 Å². The lowest BCUT2D eigenvalue weighted by Crippen LogP contribution is -1.92. The van der Waals surface area contributed by atoms with Crippen molar-refractivity contribution in [2.24, 2.45) is 0 Å². The fourth-order valence-electron chi connectivity index (χ4n) is 3.15. The number of hydrogen-bond acceptors (Lipinski definition) is 5. The average molecular weight is 364 g/mol. The molecule has 0 fully saturated rings. The monoisotopic (exact) mass is 364 g/mol. The summed E-state index contributed by atoms with van der Waals surface area (Å²) in [5, 5.41) is 5.65. The maximum Gasteiger partial charge on any atom is 0.167 e. The highest BCUT2D eigenvalue weighted by Crippen LogP contribution is 2.36. The van der Waals surface area contributed by atoms with Gasteiger partial charge in [-0.2, -0.15) is 0 Å². The van der Waals surface area contributed by atoms with E-state index < -0.39 is 0 Å². The van der Waals surface area contributed by atoms with E-state index in [-0.39, 0.29) is 0 Å². The number of nitrogens with one attached hydrogen (secondary N) is 1. The molecule has 1 aliphatic rings. The van der Waals surface area contributed by atoms with Gasteiger partial charge in [-0.15, -0.1) is 0 Å². The summed E-state index contributed by atoms with van der Waals surface area (Å²) in [6.07, 6.45) is 6.01. The number of rotatable bonds is 4. The summed E-state index contributed by atoms with van der Waals surface area (Å²) in [5.74, 6) is 1.46. The minimum Gasteiger partial charge on any atom is -0.493 e. The first kappa shape index (κ1) is 16.7. The molecular weight excluding hydrogens is 344 g/mol. The van der Waals surface area contributed by atoms with E-state index in [1.165, 1.54) is 11.3 Å². The Kier molecular flexibility index (Phi) is 4.63. The number of aryl methyl sites for hydroxylation is 2. The van der Waals surface area contributed by atoms with Crippen LogP contribution in [0.25, 0.3) is 12.2 Å². The third kappa shape index (κ3) is 3.18. The van der Waals surface area contributed by atoms with Crippen molar-refractivity contribution in [3.63, 3.8) is 0 Å². The van der Waals surface area contributed by atoms with Crippen LogP contribution >= 0.6 is 11.3 Å². The number of ether oxygens (including phenoxy) is 2. The Hall–Kier alpha value is -2.79. The van der Waals surface area contributed by atoms with Crippen LogP contribution in [-0.4, -0.2) is 19.2 Å². The number of hydrogen-bond donors (Lipinski definition) is 1. The van der Waals surface area contributed by atoms with Crippen LogP contribution in [0.4, 0.5) is 10.7 Å². The molecule has 0 radical (unpaired) electrons. The highest BCUT2D eigenvalue weighted by Gasteiger charge is 2.16. The Morgan fingerprint density at radius 2 is 1.88 bits per heavy atom. The molecule has 0 amide bonds. The van der Waals surface area contributed by atoms with Crippen LogP contribution in [0.1, 0.15) is 21.8 Å². The van der Waals surface area contributed by atoms with Crippen molar-refractivity contribution in [3.8, 4) is 11.5 Å². The normalized spacial score (nSPS) is 12.8. The molecule has 0 atom stereocenters. The number of benzene rings is 2. The summed E-state index contributed by atoms with van der Waals surface area (Å²) in [4.78, 5) is 4.80. The van der Waals surface area contributed by atoms with Crippen LogP contribution in [0.15, 0.2) is 42.5 Å². The van der Waals surface area contributed by atoms with Gasteiger partial charge < -0.3 is 14.8 Å². The molecular formula is C21H20N2O2S. The first-order valence-electron chi connectivity index (χ1n) is 8.52. The number of para-hydroxylation sites is 2. The Morgan fingerprint density at radius 1 is 1.00 bits per heavy atom. The Balaban J connectivity index is 1.61. The van der Waals surface area contributed by atoms with Gasteiger partial charge in [-0.05, 0) is 42.7 Å². The lowest BCUT2D eigenvalue weighted by Gasteiger charge is -2.09.